The van der Waals surface area contributed by atoms with Crippen LogP contribution in [0.15, 0.2) is 0 Å². The lowest BCUT2D eigenvalue weighted by molar-refractivity contribution is 0.621. The zero-order valence-electron chi connectivity index (χ0n) is 4.95. The lowest BCUT2D eigenvalue weighted by Gasteiger charge is -2.09. The largest absolute Gasteiger partial charge is 0.317 e. The Balaban J connectivity index is 0. The molecule has 0 aromatic carbocycles. The molecule has 0 heterocycles. The molecule has 0 N–H and O–H groups in total. The van der Waals surface area contributed by atoms with Gasteiger partial charge in [-0.25, -0.2) is 0 Å². The van der Waals surface area contributed by atoms with E-state index in [0.29, 0.717) is 0 Å². The van der Waals surface area contributed by atoms with Crippen molar-refractivity contribution in [3.05, 3.63) is 0 Å². The molecule has 0 unspecified atom stereocenters. The van der Waals surface area contributed by atoms with Crippen LogP contribution in [0.25, 0.3) is 0 Å². The topological polar surface area (TPSA) is 34.1 Å². The molecule has 0 fully saturated rings. The average Bonchev–Trinajstić information content (AvgIpc) is 1.55. The maximum Gasteiger partial charge on any atom is 0.317 e. The Morgan fingerprint density at radius 1 is 1.00 bits per heavy atom. The third-order valence-electron chi connectivity index (χ3n) is 0.247. The van der Waals surface area contributed by atoms with Crippen molar-refractivity contribution in [2.45, 2.75) is 8.63 Å². The first kappa shape index (κ1) is 16.4. The fraction of sp³-hybridized carbons (Fsp3) is 1.00. The quantitative estimate of drug-likeness (QED) is 0.497. The second-order valence-electron chi connectivity index (χ2n) is 1.22. The normalized spacial score (nSPS) is 12.3. The van der Waals surface area contributed by atoms with Crippen LogP contribution >= 0.6 is 79.4 Å². The fourth-order valence-electron chi connectivity index (χ4n) is 0. The Morgan fingerprint density at radius 3 is 1.08 bits per heavy atom. The van der Waals surface area contributed by atoms with Crippen molar-refractivity contribution in [3.8, 4) is 0 Å². The highest BCUT2D eigenvalue weighted by Crippen LogP contribution is 2.35. The Morgan fingerprint density at radius 2 is 1.08 bits per heavy atom. The van der Waals surface area contributed by atoms with E-state index in [4.69, 9.17) is 66.4 Å². The third kappa shape index (κ3) is 22.7. The summed E-state index contributed by atoms with van der Waals surface area (Å²) in [5, 5.41) is 0. The van der Waals surface area contributed by atoms with Crippen molar-refractivity contribution in [2.75, 3.05) is 0 Å². The molecule has 2 nitrogen and oxygen atoms in total. The van der Waals surface area contributed by atoms with E-state index >= 15 is 0 Å². The monoisotopic (exact) mass is 334 g/mol. The Hall–Kier alpha value is 1.98. The molecule has 0 aromatic rings. The molecule has 0 amide bonds. The second-order valence-corrected chi connectivity index (χ2v) is 8.35. The molecule has 0 aliphatic carbocycles. The third-order valence-corrected chi connectivity index (χ3v) is 2.23. The Kier molecular flexibility index (Phi) is 8.84. The molecule has 0 saturated carbocycles. The van der Waals surface area contributed by atoms with Crippen LogP contribution < -0.4 is 0 Å². The minimum atomic E-state index is -3.72. The van der Waals surface area contributed by atoms with Crippen LogP contribution in [0.1, 0.15) is 0 Å². The summed E-state index contributed by atoms with van der Waals surface area (Å²) in [7, 11) is 4.81. The van der Waals surface area contributed by atoms with E-state index in [2.05, 4.69) is 21.4 Å². The van der Waals surface area contributed by atoms with Gasteiger partial charge in [-0.1, -0.05) is 34.8 Å². The van der Waals surface area contributed by atoms with Gasteiger partial charge in [-0.05, 0) is 0 Å². The van der Waals surface area contributed by atoms with Gasteiger partial charge >= 0.3 is 8.26 Å². The molecule has 0 saturated heterocycles. The molecule has 0 aliphatic heterocycles. The van der Waals surface area contributed by atoms with Gasteiger partial charge < -0.3 is 0 Å². The van der Waals surface area contributed by atoms with Crippen molar-refractivity contribution < 1.29 is 8.42 Å². The van der Waals surface area contributed by atoms with E-state index in [-0.39, 0.29) is 0 Å². The van der Waals surface area contributed by atoms with Crippen LogP contribution in [0.5, 0.6) is 0 Å². The molecule has 12 heavy (non-hydrogen) atoms. The molecule has 0 rings (SSSR count). The van der Waals surface area contributed by atoms with Crippen molar-refractivity contribution in [2.24, 2.45) is 0 Å². The number of hydrogen-bond acceptors (Lipinski definition) is 2. The molecule has 0 radical (unpaired) electrons. The molecule has 0 atom stereocenters. The molecular formula is C2HCl7O2S. The van der Waals surface area contributed by atoms with Gasteiger partial charge in [0.25, 0.3) is 0 Å². The van der Waals surface area contributed by atoms with Crippen molar-refractivity contribution >= 4 is 87.6 Å². The Labute approximate surface area is 104 Å². The minimum absolute atomic E-state index is 0.961. The van der Waals surface area contributed by atoms with Gasteiger partial charge in [0.1, 0.15) is 0 Å². The van der Waals surface area contributed by atoms with Crippen LogP contribution in [-0.4, -0.2) is 17.0 Å². The summed E-state index contributed by atoms with van der Waals surface area (Å²) in [6.07, 6.45) is 0. The first-order valence-corrected chi connectivity index (χ1v) is 7.08. The average molecular weight is 337 g/mol. The van der Waals surface area contributed by atoms with Gasteiger partial charge in [0.05, 0.1) is 0 Å². The van der Waals surface area contributed by atoms with Gasteiger partial charge in [0.2, 0.25) is 3.79 Å². The fourth-order valence-corrected chi connectivity index (χ4v) is 0. The van der Waals surface area contributed by atoms with Gasteiger partial charge in [0.15, 0.2) is 4.84 Å². The standard InChI is InChI=1S/C2HCl5.Cl2O2S/c3-1(4)2(5,6)7;1-5(2,3)4/h1H;. The zero-order chi connectivity index (χ0) is 10.6. The van der Waals surface area contributed by atoms with Crippen LogP contribution in [-0.2, 0) is 8.26 Å². The predicted molar refractivity (Wildman–Crippen MR) is 56.4 cm³/mol. The summed E-state index contributed by atoms with van der Waals surface area (Å²) in [5.41, 5.74) is 0. The van der Waals surface area contributed by atoms with Crippen molar-refractivity contribution in [3.63, 3.8) is 0 Å². The number of halogens is 7. The lowest BCUT2D eigenvalue weighted by atomic mass is 10.9. The molecule has 10 heteroatoms. The van der Waals surface area contributed by atoms with E-state index in [9.17, 15) is 0 Å². The molecule has 76 valence electrons. The molecule has 0 spiro atoms. The molecule has 0 bridgehead atoms. The number of hydrogen-bond donors (Lipinski definition) is 0. The number of alkyl halides is 5. The lowest BCUT2D eigenvalue weighted by Crippen LogP contribution is -2.11. The van der Waals surface area contributed by atoms with E-state index < -0.39 is 16.9 Å². The van der Waals surface area contributed by atoms with E-state index in [1.54, 1.807) is 0 Å². The van der Waals surface area contributed by atoms with E-state index in [0.717, 1.165) is 0 Å². The summed E-state index contributed by atoms with van der Waals surface area (Å²) < 4.78 is 16.8. The van der Waals surface area contributed by atoms with Crippen molar-refractivity contribution in [1.82, 2.24) is 0 Å². The zero-order valence-corrected chi connectivity index (χ0v) is 11.1. The first-order valence-electron chi connectivity index (χ1n) is 1.93. The highest BCUT2D eigenvalue weighted by molar-refractivity contribution is 8.31. The smallest absolute Gasteiger partial charge is 0.195 e. The molecular weight excluding hydrogens is 336 g/mol. The maximum absolute atomic E-state index is 9.16. The first-order chi connectivity index (χ1) is 4.94. The summed E-state index contributed by atoms with van der Waals surface area (Å²) in [6.45, 7) is 0. The SMILES string of the molecule is ClC(Cl)C(Cl)(Cl)Cl.O=S(=O)(Cl)Cl. The van der Waals surface area contributed by atoms with E-state index in [1.165, 1.54) is 0 Å². The molecule has 0 aliphatic rings. The maximum atomic E-state index is 9.16. The summed E-state index contributed by atoms with van der Waals surface area (Å²) in [6, 6.07) is 0. The molecule has 0 aromatic heterocycles. The minimum Gasteiger partial charge on any atom is -0.195 e. The van der Waals surface area contributed by atoms with Gasteiger partial charge in [-0.15, -0.1) is 23.2 Å². The highest BCUT2D eigenvalue weighted by atomic mass is 36.0. The van der Waals surface area contributed by atoms with Gasteiger partial charge in [-0.2, -0.15) is 8.42 Å². The highest BCUT2D eigenvalue weighted by Gasteiger charge is 2.28. The summed E-state index contributed by atoms with van der Waals surface area (Å²) in [5.74, 6) is 0. The predicted octanol–water partition coefficient (Wildman–Crippen LogP) is 3.87. The van der Waals surface area contributed by atoms with Crippen LogP contribution in [0.4, 0.5) is 0 Å². The van der Waals surface area contributed by atoms with E-state index in [1.807, 2.05) is 0 Å². The van der Waals surface area contributed by atoms with Crippen LogP contribution in [0.3, 0.4) is 0 Å². The van der Waals surface area contributed by atoms with Crippen LogP contribution in [0.2, 0.25) is 0 Å². The summed E-state index contributed by atoms with van der Waals surface area (Å²) >= 11 is 25.7. The van der Waals surface area contributed by atoms with Gasteiger partial charge in [-0.3, -0.25) is 0 Å². The van der Waals surface area contributed by atoms with Crippen LogP contribution in [0, 0.1) is 0 Å². The second kappa shape index (κ2) is 6.46. The number of rotatable bonds is 0. The van der Waals surface area contributed by atoms with Crippen molar-refractivity contribution in [1.29, 1.82) is 0 Å². The summed E-state index contributed by atoms with van der Waals surface area (Å²) in [4.78, 5) is -0.961. The van der Waals surface area contributed by atoms with Gasteiger partial charge in [0, 0.05) is 21.4 Å². The Bertz CT molecular complexity index is 194.